The van der Waals surface area contributed by atoms with Crippen LogP contribution >= 0.6 is 34.3 Å². The number of alkyl halides is 2. The molecule has 0 atom stereocenters. The molecule has 0 fully saturated rings. The van der Waals surface area contributed by atoms with Crippen LogP contribution in [0.1, 0.15) is 0 Å². The van der Waals surface area contributed by atoms with Crippen molar-refractivity contribution in [3.05, 3.63) is 24.3 Å². The van der Waals surface area contributed by atoms with Gasteiger partial charge >= 0.3 is 0 Å². The Morgan fingerprint density at radius 2 is 1.64 bits per heavy atom. The van der Waals surface area contributed by atoms with Gasteiger partial charge in [-0.2, -0.15) is 11.1 Å². The van der Waals surface area contributed by atoms with Gasteiger partial charge in [0.15, 0.2) is 7.38 Å². The highest BCUT2D eigenvalue weighted by Gasteiger charge is 2.19. The monoisotopic (exact) mass is 282 g/mol. The van der Waals surface area contributed by atoms with Crippen LogP contribution in [0.15, 0.2) is 24.3 Å². The van der Waals surface area contributed by atoms with Crippen LogP contribution in [0, 0.1) is 0 Å². The van der Waals surface area contributed by atoms with Crippen LogP contribution in [0.25, 0.3) is 0 Å². The van der Waals surface area contributed by atoms with Crippen molar-refractivity contribution in [1.82, 2.24) is 0 Å². The summed E-state index contributed by atoms with van der Waals surface area (Å²) in [5, 5.41) is 2.55. The molecule has 0 heterocycles. The lowest BCUT2D eigenvalue weighted by Gasteiger charge is -2.13. The van der Waals surface area contributed by atoms with E-state index in [2.05, 4.69) is 37.4 Å². The largest absolute Gasteiger partial charge is 0.180 e. The molecule has 0 N–H and O–H groups in total. The third-order valence-electron chi connectivity index (χ3n) is 2.03. The first-order valence-corrected chi connectivity index (χ1v) is 10.9. The standard InChI is InChI=1S/C9H13Cl3Si2/c1-14(2,12)8-5-3-7(4-6-8)13-9(10)11/h3-6,9H,13H2,1-2H3. The lowest BCUT2D eigenvalue weighted by molar-refractivity contribution is 1.76. The van der Waals surface area contributed by atoms with Crippen molar-refractivity contribution in [3.63, 3.8) is 0 Å². The number of hydrogen-bond acceptors (Lipinski definition) is 0. The lowest BCUT2D eigenvalue weighted by atomic mass is 10.4. The Kier molecular flexibility index (Phi) is 4.53. The van der Waals surface area contributed by atoms with Gasteiger partial charge in [-0.05, 0) is 5.19 Å². The first kappa shape index (κ1) is 12.6. The van der Waals surface area contributed by atoms with Gasteiger partial charge in [0.1, 0.15) is 0 Å². The second-order valence-corrected chi connectivity index (χ2v) is 14.5. The van der Waals surface area contributed by atoms with E-state index in [1.165, 1.54) is 10.4 Å². The summed E-state index contributed by atoms with van der Waals surface area (Å²) in [6.07, 6.45) is 0. The van der Waals surface area contributed by atoms with Gasteiger partial charge in [-0.3, -0.25) is 0 Å². The van der Waals surface area contributed by atoms with E-state index < -0.39 is 16.9 Å². The number of rotatable bonds is 3. The minimum atomic E-state index is -1.67. The summed E-state index contributed by atoms with van der Waals surface area (Å²) in [4.78, 5) is 0. The smallest absolute Gasteiger partial charge is 0.162 e. The molecule has 0 aliphatic rings. The Morgan fingerprint density at radius 3 is 2.00 bits per heavy atom. The summed E-state index contributed by atoms with van der Waals surface area (Å²) in [5.41, 5.74) is 0. The maximum Gasteiger partial charge on any atom is 0.180 e. The average molecular weight is 284 g/mol. The Hall–Kier alpha value is 0.524. The third-order valence-corrected chi connectivity index (χ3v) is 6.57. The summed E-state index contributed by atoms with van der Waals surface area (Å²) in [5.74, 6) is 0. The van der Waals surface area contributed by atoms with E-state index in [-0.39, 0.29) is 4.46 Å². The van der Waals surface area contributed by atoms with Gasteiger partial charge in [0.2, 0.25) is 0 Å². The molecular formula is C9H13Cl3Si2. The van der Waals surface area contributed by atoms with Crippen LogP contribution in [-0.4, -0.2) is 21.4 Å². The Bertz CT molecular complexity index is 290. The van der Waals surface area contributed by atoms with Crippen molar-refractivity contribution in [2.45, 2.75) is 17.6 Å². The average Bonchev–Trinajstić information content (AvgIpc) is 2.02. The minimum absolute atomic E-state index is 0.192. The molecule has 0 spiro atoms. The van der Waals surface area contributed by atoms with E-state index in [1.807, 2.05) is 0 Å². The van der Waals surface area contributed by atoms with E-state index in [9.17, 15) is 0 Å². The van der Waals surface area contributed by atoms with Gasteiger partial charge in [0.25, 0.3) is 0 Å². The Morgan fingerprint density at radius 1 is 1.14 bits per heavy atom. The zero-order valence-electron chi connectivity index (χ0n) is 8.23. The molecule has 0 saturated carbocycles. The van der Waals surface area contributed by atoms with E-state index in [4.69, 9.17) is 34.3 Å². The van der Waals surface area contributed by atoms with E-state index in [0.717, 1.165) is 0 Å². The zero-order chi connectivity index (χ0) is 10.8. The quantitative estimate of drug-likeness (QED) is 0.451. The van der Waals surface area contributed by atoms with Crippen LogP contribution in [0.2, 0.25) is 13.1 Å². The van der Waals surface area contributed by atoms with Crippen molar-refractivity contribution >= 4 is 61.6 Å². The molecule has 5 heteroatoms. The maximum absolute atomic E-state index is 6.31. The molecule has 0 amide bonds. The first-order valence-electron chi connectivity index (χ1n) is 4.46. The molecule has 0 saturated heterocycles. The molecule has 1 aromatic carbocycles. The fourth-order valence-electron chi connectivity index (χ4n) is 1.22. The van der Waals surface area contributed by atoms with Gasteiger partial charge in [0, 0.05) is 0 Å². The van der Waals surface area contributed by atoms with Gasteiger partial charge in [-0.1, -0.05) is 42.5 Å². The number of hydrogen-bond donors (Lipinski definition) is 0. The fourth-order valence-corrected chi connectivity index (χ4v) is 4.49. The Labute approximate surface area is 103 Å². The van der Waals surface area contributed by atoms with E-state index in [1.54, 1.807) is 0 Å². The van der Waals surface area contributed by atoms with Crippen molar-refractivity contribution in [1.29, 1.82) is 0 Å². The molecule has 14 heavy (non-hydrogen) atoms. The molecule has 0 bridgehead atoms. The molecule has 0 aliphatic carbocycles. The number of benzene rings is 1. The molecule has 78 valence electrons. The van der Waals surface area contributed by atoms with Crippen LogP contribution in [0.4, 0.5) is 0 Å². The molecule has 0 aliphatic heterocycles. The van der Waals surface area contributed by atoms with E-state index >= 15 is 0 Å². The van der Waals surface area contributed by atoms with Gasteiger partial charge < -0.3 is 0 Å². The predicted octanol–water partition coefficient (Wildman–Crippen LogP) is 1.89. The van der Waals surface area contributed by atoms with Gasteiger partial charge in [-0.25, -0.2) is 0 Å². The van der Waals surface area contributed by atoms with Crippen molar-refractivity contribution in [2.75, 3.05) is 0 Å². The summed E-state index contributed by atoms with van der Waals surface area (Å²) < 4.78 is -0.192. The summed E-state index contributed by atoms with van der Waals surface area (Å²) >= 11 is 17.8. The summed E-state index contributed by atoms with van der Waals surface area (Å²) in [6.45, 7) is 4.24. The van der Waals surface area contributed by atoms with E-state index in [0.29, 0.717) is 0 Å². The number of halogens is 3. The topological polar surface area (TPSA) is 0 Å². The molecule has 1 aromatic rings. The molecule has 0 unspecified atom stereocenters. The molecule has 0 nitrogen and oxygen atoms in total. The first-order chi connectivity index (χ1) is 6.39. The Balaban J connectivity index is 2.79. The second-order valence-electron chi connectivity index (χ2n) is 3.76. The van der Waals surface area contributed by atoms with Crippen LogP contribution < -0.4 is 10.4 Å². The molecule has 0 aromatic heterocycles. The zero-order valence-corrected chi connectivity index (χ0v) is 12.9. The highest BCUT2D eigenvalue weighted by molar-refractivity contribution is 7.26. The van der Waals surface area contributed by atoms with Crippen LogP contribution in [0.5, 0.6) is 0 Å². The third kappa shape index (κ3) is 3.95. The van der Waals surface area contributed by atoms with Crippen molar-refractivity contribution < 1.29 is 0 Å². The normalized spacial score (nSPS) is 13.0. The SMILES string of the molecule is C[Si](C)(Cl)c1ccc([SiH2]C(Cl)Cl)cc1. The van der Waals surface area contributed by atoms with Crippen molar-refractivity contribution in [2.24, 2.45) is 0 Å². The van der Waals surface area contributed by atoms with Gasteiger partial charge in [0.05, 0.1) is 14.0 Å². The van der Waals surface area contributed by atoms with Crippen molar-refractivity contribution in [3.8, 4) is 0 Å². The highest BCUT2D eigenvalue weighted by atomic mass is 35.6. The summed E-state index contributed by atoms with van der Waals surface area (Å²) in [6, 6.07) is 8.43. The predicted molar refractivity (Wildman–Crippen MR) is 73.1 cm³/mol. The molecule has 1 rings (SSSR count). The maximum atomic E-state index is 6.31. The highest BCUT2D eigenvalue weighted by Crippen LogP contribution is 2.07. The van der Waals surface area contributed by atoms with Crippen LogP contribution in [0.3, 0.4) is 0 Å². The minimum Gasteiger partial charge on any atom is -0.162 e. The molecular weight excluding hydrogens is 271 g/mol. The van der Waals surface area contributed by atoms with Crippen LogP contribution in [-0.2, 0) is 0 Å². The fraction of sp³-hybridized carbons (Fsp3) is 0.333. The lowest BCUT2D eigenvalue weighted by Crippen LogP contribution is -2.36. The second kappa shape index (κ2) is 5.04. The summed E-state index contributed by atoms with van der Waals surface area (Å²) in [7, 11) is -2.21. The van der Waals surface area contributed by atoms with Gasteiger partial charge in [-0.15, -0.1) is 23.2 Å². The molecule has 0 radical (unpaired) electrons.